The van der Waals surface area contributed by atoms with Crippen molar-refractivity contribution in [2.75, 3.05) is 43.3 Å². The number of hydrogen-bond donors (Lipinski definition) is 5. The third kappa shape index (κ3) is 8.67. The number of amidine groups is 1. The number of anilines is 3. The normalized spacial score (nSPS) is 11.7. The summed E-state index contributed by atoms with van der Waals surface area (Å²) in [6.07, 6.45) is 8.87. The second kappa shape index (κ2) is 14.7. The lowest BCUT2D eigenvalue weighted by Gasteiger charge is -2.11. The van der Waals surface area contributed by atoms with Gasteiger partial charge in [0.2, 0.25) is 0 Å². The summed E-state index contributed by atoms with van der Waals surface area (Å²) in [5, 5.41) is 11.6. The molecule has 0 atom stereocenters. The van der Waals surface area contributed by atoms with Crippen LogP contribution < -0.4 is 26.3 Å². The molecule has 0 saturated heterocycles. The Bertz CT molecular complexity index is 1740. The third-order valence-electron chi connectivity index (χ3n) is 6.76. The zero-order valence-electron chi connectivity index (χ0n) is 26.8. The summed E-state index contributed by atoms with van der Waals surface area (Å²) < 4.78 is 10.3. The summed E-state index contributed by atoms with van der Waals surface area (Å²) in [4.78, 5) is 49.7. The van der Waals surface area contributed by atoms with E-state index < -0.39 is 5.91 Å². The molecule has 234 valence electrons. The van der Waals surface area contributed by atoms with Gasteiger partial charge in [-0.05, 0) is 48.0 Å². The zero-order valence-corrected chi connectivity index (χ0v) is 25.8. The Morgan fingerprint density at radius 3 is 2.16 bits per heavy atom. The summed E-state index contributed by atoms with van der Waals surface area (Å²) in [5.74, 6) is -0.877. The van der Waals surface area contributed by atoms with Gasteiger partial charge in [-0.2, -0.15) is 0 Å². The number of aromatic nitrogens is 3. The van der Waals surface area contributed by atoms with Crippen molar-refractivity contribution in [3.8, 4) is 0 Å². The molecule has 0 aliphatic carbocycles. The van der Waals surface area contributed by atoms with Crippen molar-refractivity contribution >= 4 is 52.8 Å². The van der Waals surface area contributed by atoms with Gasteiger partial charge in [0, 0.05) is 65.4 Å². The van der Waals surface area contributed by atoms with Crippen molar-refractivity contribution in [3.63, 3.8) is 0 Å². The van der Waals surface area contributed by atoms with E-state index in [2.05, 4.69) is 31.8 Å². The van der Waals surface area contributed by atoms with Gasteiger partial charge in [0.15, 0.2) is 1.41 Å². The topological polar surface area (TPSA) is 158 Å². The van der Waals surface area contributed by atoms with Crippen molar-refractivity contribution < 1.29 is 20.6 Å². The molecular formula is C32H37N9O4. The van der Waals surface area contributed by atoms with Crippen LogP contribution in [0.5, 0.6) is 0 Å². The SMILES string of the molecule is [H]/N=C(\CCNC(=O)c1cc(NC(=O)c2cc(NC(=O)c3ccc(C=Cc4ccc(N(C)C)cc4)nc3)cn2C)cn1C)NOC. The molecule has 0 aliphatic heterocycles. The van der Waals surface area contributed by atoms with Gasteiger partial charge >= 0.3 is 0 Å². The maximum Gasteiger partial charge on any atom is 0.272 e. The number of hydroxylamine groups is 1. The molecule has 13 nitrogen and oxygen atoms in total. The number of carbonyl (C=O) groups is 3. The van der Waals surface area contributed by atoms with Crippen LogP contribution in [0.3, 0.4) is 0 Å². The number of aryl methyl sites for hydroxylation is 2. The summed E-state index contributed by atoms with van der Waals surface area (Å²) in [7, 11) is 8.77. The monoisotopic (exact) mass is 611 g/mol. The number of amides is 3. The maximum absolute atomic E-state index is 13.1. The highest BCUT2D eigenvalue weighted by Crippen LogP contribution is 2.19. The molecule has 3 aromatic heterocycles. The molecular weight excluding hydrogens is 574 g/mol. The van der Waals surface area contributed by atoms with Gasteiger partial charge in [-0.1, -0.05) is 18.2 Å². The first-order chi connectivity index (χ1) is 22.1. The largest absolute Gasteiger partial charge is 0.378 e. The molecule has 0 spiro atoms. The smallest absolute Gasteiger partial charge is 0.272 e. The number of hydrogen-bond acceptors (Lipinski definition) is 7. The molecule has 0 saturated carbocycles. The summed E-state index contributed by atoms with van der Waals surface area (Å²) in [5.41, 5.74) is 7.18. The first kappa shape index (κ1) is 30.8. The van der Waals surface area contributed by atoms with E-state index >= 15 is 0 Å². The molecule has 45 heavy (non-hydrogen) atoms. The summed E-state index contributed by atoms with van der Waals surface area (Å²) in [6, 6.07) is 14.7. The van der Waals surface area contributed by atoms with Gasteiger partial charge in [-0.15, -0.1) is 0 Å². The Balaban J connectivity index is 1.32. The van der Waals surface area contributed by atoms with Gasteiger partial charge in [0.25, 0.3) is 17.7 Å². The van der Waals surface area contributed by atoms with Gasteiger partial charge in [0.1, 0.15) is 17.2 Å². The van der Waals surface area contributed by atoms with Crippen molar-refractivity contribution in [2.24, 2.45) is 14.1 Å². The molecule has 0 unspecified atom stereocenters. The van der Waals surface area contributed by atoms with Crippen LogP contribution in [0, 0.1) is 5.40 Å². The predicted molar refractivity (Wildman–Crippen MR) is 175 cm³/mol. The predicted octanol–water partition coefficient (Wildman–Crippen LogP) is 3.75. The van der Waals surface area contributed by atoms with Crippen LogP contribution in [0.1, 0.15) is 49.0 Å². The fourth-order valence-corrected chi connectivity index (χ4v) is 4.37. The van der Waals surface area contributed by atoms with E-state index in [1.807, 2.05) is 55.4 Å². The minimum atomic E-state index is -0.420. The number of benzene rings is 1. The highest BCUT2D eigenvalue weighted by Gasteiger charge is 2.17. The standard InChI is InChI=1S/C32H37N9O4/c1-39(2)26-12-7-21(8-13-26)6-10-23-11-9-22(18-35-23)30(42)36-24-17-28(41(4)19-24)32(44)37-25-16-27(40(3)20-25)31(43)34-15-14-29(33)38-45-5/h6-13,16-20H,14-15H2,1-5H3,(H2,33,38)(H,34,43)(H,36,42)(H,37,44). The lowest BCUT2D eigenvalue weighted by atomic mass is 10.1. The van der Waals surface area contributed by atoms with Crippen molar-refractivity contribution in [1.29, 1.82) is 5.40 Å². The van der Waals surface area contributed by atoms with Crippen molar-refractivity contribution in [3.05, 3.63) is 95.3 Å². The van der Waals surface area contributed by atoms with Gasteiger partial charge in [-0.25, -0.2) is 0 Å². The van der Waals surface area contributed by atoms with Gasteiger partial charge in [0.05, 0.1) is 29.7 Å². The minimum Gasteiger partial charge on any atom is -0.378 e. The number of rotatable bonds is 12. The molecule has 0 fully saturated rings. The lowest BCUT2D eigenvalue weighted by molar-refractivity contribution is 0.0944. The van der Waals surface area contributed by atoms with Crippen LogP contribution in [0.4, 0.5) is 17.1 Å². The Morgan fingerprint density at radius 1 is 0.933 bits per heavy atom. The van der Waals surface area contributed by atoms with E-state index in [9.17, 15) is 14.4 Å². The molecule has 4 rings (SSSR count). The van der Waals surface area contributed by atoms with Crippen molar-refractivity contribution in [2.45, 2.75) is 6.42 Å². The summed E-state index contributed by atoms with van der Waals surface area (Å²) >= 11 is 0. The number of carbonyl (C=O) groups excluding carboxylic acids is 3. The molecule has 0 aliphatic rings. The molecule has 3 heterocycles. The van der Waals surface area contributed by atoms with E-state index in [-0.39, 0.29) is 30.6 Å². The van der Waals surface area contributed by atoms with E-state index in [0.29, 0.717) is 34.0 Å². The Hall–Kier alpha value is -5.69. The molecule has 5 N–H and O–H groups in total. The molecule has 1 aromatic carbocycles. The second-order valence-corrected chi connectivity index (χ2v) is 10.4. The van der Waals surface area contributed by atoms with Crippen LogP contribution in [-0.2, 0) is 18.9 Å². The summed E-state index contributed by atoms with van der Waals surface area (Å²) in [6.45, 7) is 0.223. The Morgan fingerprint density at radius 2 is 1.58 bits per heavy atom. The van der Waals surface area contributed by atoms with Crippen LogP contribution >= 0.6 is 0 Å². The Labute approximate surface area is 262 Å². The average Bonchev–Trinajstić information content (AvgIpc) is 3.60. The second-order valence-electron chi connectivity index (χ2n) is 10.4. The fourth-order valence-electron chi connectivity index (χ4n) is 4.37. The molecule has 0 radical (unpaired) electrons. The fraction of sp³-hybridized carbons (Fsp3) is 0.219. The highest BCUT2D eigenvalue weighted by molar-refractivity contribution is 6.07. The number of nitrogens with one attached hydrogen (secondary N) is 5. The Kier molecular flexibility index (Phi) is 10.0. The van der Waals surface area contributed by atoms with Crippen LogP contribution in [0.2, 0.25) is 1.41 Å². The quantitative estimate of drug-likeness (QED) is 0.0927. The first-order valence-corrected chi connectivity index (χ1v) is 14.0. The number of pyridine rings is 1. The van der Waals surface area contributed by atoms with Crippen LogP contribution in [0.25, 0.3) is 12.2 Å². The maximum atomic E-state index is 13.1. The average molecular weight is 612 g/mol. The molecule has 13 heteroatoms. The molecule has 4 aromatic rings. The lowest BCUT2D eigenvalue weighted by Crippen LogP contribution is -2.30. The minimum absolute atomic E-state index is 0.223. The van der Waals surface area contributed by atoms with Crippen molar-refractivity contribution in [1.82, 2.24) is 24.9 Å². The first-order valence-electron chi connectivity index (χ1n) is 14.5. The third-order valence-corrected chi connectivity index (χ3v) is 6.76. The van der Waals surface area contributed by atoms with E-state index in [1.54, 1.807) is 59.9 Å². The van der Waals surface area contributed by atoms with E-state index in [0.717, 1.165) is 11.3 Å². The van der Waals surface area contributed by atoms with Crippen LogP contribution in [0.15, 0.2) is 67.1 Å². The number of nitrogens with zero attached hydrogens (tertiary/aromatic N) is 4. The zero-order chi connectivity index (χ0) is 33.2. The molecule has 0 bridgehead atoms. The van der Waals surface area contributed by atoms with Crippen LogP contribution in [-0.4, -0.2) is 65.4 Å². The highest BCUT2D eigenvalue weighted by atomic mass is 16.6. The van der Waals surface area contributed by atoms with E-state index in [1.165, 1.54) is 13.3 Å². The van der Waals surface area contributed by atoms with E-state index in [4.69, 9.17) is 6.25 Å². The van der Waals surface area contributed by atoms with Gasteiger partial charge < -0.3 is 30.0 Å². The van der Waals surface area contributed by atoms with Gasteiger partial charge in [-0.3, -0.25) is 35.1 Å². The molecule has 3 amide bonds.